The van der Waals surface area contributed by atoms with Crippen molar-refractivity contribution < 1.29 is 0 Å². The summed E-state index contributed by atoms with van der Waals surface area (Å²) < 4.78 is 1.75. The van der Waals surface area contributed by atoms with Gasteiger partial charge < -0.3 is 5.32 Å². The van der Waals surface area contributed by atoms with Gasteiger partial charge in [-0.3, -0.25) is 4.68 Å². The van der Waals surface area contributed by atoms with Crippen LogP contribution < -0.4 is 5.32 Å². The molecule has 0 atom stereocenters. The van der Waals surface area contributed by atoms with Crippen molar-refractivity contribution in [2.75, 3.05) is 11.9 Å². The average Bonchev–Trinajstić information content (AvgIpc) is 2.61. The second-order valence-electron chi connectivity index (χ2n) is 4.34. The van der Waals surface area contributed by atoms with Crippen LogP contribution in [0.2, 0.25) is 0 Å². The van der Waals surface area contributed by atoms with Gasteiger partial charge in [0, 0.05) is 13.6 Å². The lowest BCUT2D eigenvalue weighted by atomic mass is 10.1. The molecule has 17 heavy (non-hydrogen) atoms. The Hall–Kier alpha value is -1.36. The van der Waals surface area contributed by atoms with Crippen molar-refractivity contribution in [3.8, 4) is 0 Å². The molecule has 0 amide bonds. The first kappa shape index (κ1) is 13.7. The van der Waals surface area contributed by atoms with Gasteiger partial charge in [0.1, 0.15) is 12.1 Å². The van der Waals surface area contributed by atoms with Gasteiger partial charge in [0.05, 0.1) is 11.6 Å². The van der Waals surface area contributed by atoms with E-state index in [0.29, 0.717) is 5.92 Å². The number of hydrogen-bond donors (Lipinski definition) is 1. The zero-order valence-electron chi connectivity index (χ0n) is 10.3. The Morgan fingerprint density at radius 1 is 1.35 bits per heavy atom. The first-order valence-electron chi connectivity index (χ1n) is 5.55. The largest absolute Gasteiger partial charge is 0.369 e. The maximum atomic E-state index is 4.24. The Bertz CT molecular complexity index is 480. The van der Waals surface area contributed by atoms with E-state index in [0.717, 1.165) is 29.8 Å². The molecule has 0 aliphatic heterocycles. The number of hydrogen-bond acceptors (Lipinski definition) is 4. The minimum absolute atomic E-state index is 0. The standard InChI is InChI=1S/C11H17N5.ClH/c1-8(2)4-5-12-10-9-6-15-16(3)11(9)14-7-13-10;/h6-8H,4-5H2,1-3H3,(H,12,13,14);1H. The molecule has 2 aromatic heterocycles. The monoisotopic (exact) mass is 255 g/mol. The van der Waals surface area contributed by atoms with E-state index in [9.17, 15) is 0 Å². The molecule has 94 valence electrons. The quantitative estimate of drug-likeness (QED) is 0.910. The zero-order valence-corrected chi connectivity index (χ0v) is 11.2. The molecule has 0 saturated carbocycles. The summed E-state index contributed by atoms with van der Waals surface area (Å²) in [6.07, 6.45) is 4.50. The summed E-state index contributed by atoms with van der Waals surface area (Å²) in [5, 5.41) is 8.48. The third-order valence-corrected chi connectivity index (χ3v) is 2.54. The summed E-state index contributed by atoms with van der Waals surface area (Å²) in [6.45, 7) is 5.35. The molecule has 2 aromatic rings. The minimum atomic E-state index is 0. The zero-order chi connectivity index (χ0) is 11.5. The van der Waals surface area contributed by atoms with E-state index in [1.165, 1.54) is 0 Å². The molecule has 0 aromatic carbocycles. The van der Waals surface area contributed by atoms with Crippen molar-refractivity contribution in [1.29, 1.82) is 0 Å². The fourth-order valence-electron chi connectivity index (χ4n) is 1.58. The average molecular weight is 256 g/mol. The molecule has 0 aliphatic rings. The van der Waals surface area contributed by atoms with E-state index < -0.39 is 0 Å². The normalized spacial score (nSPS) is 10.6. The summed E-state index contributed by atoms with van der Waals surface area (Å²) >= 11 is 0. The predicted octanol–water partition coefficient (Wildman–Crippen LogP) is 2.24. The number of halogens is 1. The third-order valence-electron chi connectivity index (χ3n) is 2.54. The lowest BCUT2D eigenvalue weighted by Gasteiger charge is -2.07. The minimum Gasteiger partial charge on any atom is -0.369 e. The number of anilines is 1. The highest BCUT2D eigenvalue weighted by Gasteiger charge is 2.06. The van der Waals surface area contributed by atoms with E-state index in [1.807, 2.05) is 7.05 Å². The highest BCUT2D eigenvalue weighted by molar-refractivity contribution is 5.86. The van der Waals surface area contributed by atoms with Crippen molar-refractivity contribution in [3.05, 3.63) is 12.5 Å². The van der Waals surface area contributed by atoms with Gasteiger partial charge in [-0.15, -0.1) is 12.4 Å². The topological polar surface area (TPSA) is 55.6 Å². The van der Waals surface area contributed by atoms with E-state index >= 15 is 0 Å². The molecule has 0 bridgehead atoms. The van der Waals surface area contributed by atoms with Gasteiger partial charge in [-0.2, -0.15) is 5.10 Å². The lowest BCUT2D eigenvalue weighted by Crippen LogP contribution is -2.06. The van der Waals surface area contributed by atoms with Gasteiger partial charge in [0.15, 0.2) is 5.65 Å². The Morgan fingerprint density at radius 2 is 2.12 bits per heavy atom. The highest BCUT2D eigenvalue weighted by Crippen LogP contribution is 2.17. The van der Waals surface area contributed by atoms with Gasteiger partial charge in [0.2, 0.25) is 0 Å². The number of nitrogens with one attached hydrogen (secondary N) is 1. The Balaban J connectivity index is 0.00000144. The smallest absolute Gasteiger partial charge is 0.163 e. The van der Waals surface area contributed by atoms with Crippen LogP contribution in [-0.4, -0.2) is 26.3 Å². The molecule has 0 radical (unpaired) electrons. The highest BCUT2D eigenvalue weighted by atomic mass is 35.5. The van der Waals surface area contributed by atoms with Gasteiger partial charge in [-0.05, 0) is 12.3 Å². The SMILES string of the molecule is CC(C)CCNc1ncnc2c1cnn2C.Cl. The van der Waals surface area contributed by atoms with E-state index in [1.54, 1.807) is 17.2 Å². The van der Waals surface area contributed by atoms with E-state index in [2.05, 4.69) is 34.2 Å². The first-order chi connectivity index (χ1) is 7.68. The lowest BCUT2D eigenvalue weighted by molar-refractivity contribution is 0.607. The molecule has 0 aliphatic carbocycles. The first-order valence-corrected chi connectivity index (χ1v) is 5.55. The van der Waals surface area contributed by atoms with Crippen molar-refractivity contribution in [2.45, 2.75) is 20.3 Å². The van der Waals surface area contributed by atoms with Gasteiger partial charge in [-0.1, -0.05) is 13.8 Å². The molecule has 0 unspecified atom stereocenters. The summed E-state index contributed by atoms with van der Waals surface area (Å²) in [7, 11) is 1.88. The number of aromatic nitrogens is 4. The second-order valence-corrected chi connectivity index (χ2v) is 4.34. The summed E-state index contributed by atoms with van der Waals surface area (Å²) in [5.41, 5.74) is 0.863. The third kappa shape index (κ3) is 3.06. The van der Waals surface area contributed by atoms with E-state index in [-0.39, 0.29) is 12.4 Å². The van der Waals surface area contributed by atoms with Crippen LogP contribution in [0.3, 0.4) is 0 Å². The molecule has 5 nitrogen and oxygen atoms in total. The molecule has 1 N–H and O–H groups in total. The maximum absolute atomic E-state index is 4.24. The fraction of sp³-hybridized carbons (Fsp3) is 0.545. The van der Waals surface area contributed by atoms with Crippen LogP contribution in [0.25, 0.3) is 11.0 Å². The van der Waals surface area contributed by atoms with Gasteiger partial charge in [0.25, 0.3) is 0 Å². The van der Waals surface area contributed by atoms with Crippen molar-refractivity contribution >= 4 is 29.3 Å². The number of nitrogens with zero attached hydrogens (tertiary/aromatic N) is 4. The number of rotatable bonds is 4. The maximum Gasteiger partial charge on any atom is 0.163 e. The van der Waals surface area contributed by atoms with Crippen molar-refractivity contribution in [2.24, 2.45) is 13.0 Å². The van der Waals surface area contributed by atoms with E-state index in [4.69, 9.17) is 0 Å². The van der Waals surface area contributed by atoms with Crippen LogP contribution in [0.4, 0.5) is 5.82 Å². The van der Waals surface area contributed by atoms with Crippen LogP contribution in [0.1, 0.15) is 20.3 Å². The molecular weight excluding hydrogens is 238 g/mol. The Labute approximate surface area is 107 Å². The van der Waals surface area contributed by atoms with Crippen LogP contribution in [0, 0.1) is 5.92 Å². The van der Waals surface area contributed by atoms with Crippen LogP contribution >= 0.6 is 12.4 Å². The summed E-state index contributed by atoms with van der Waals surface area (Å²) in [4.78, 5) is 8.44. The molecule has 2 heterocycles. The fourth-order valence-corrected chi connectivity index (χ4v) is 1.58. The molecule has 0 spiro atoms. The van der Waals surface area contributed by atoms with Crippen LogP contribution in [0.5, 0.6) is 0 Å². The molecule has 0 fully saturated rings. The Kier molecular flexibility index (Phi) is 4.69. The molecule has 0 saturated heterocycles. The van der Waals surface area contributed by atoms with Gasteiger partial charge >= 0.3 is 0 Å². The van der Waals surface area contributed by atoms with Crippen LogP contribution in [-0.2, 0) is 7.05 Å². The summed E-state index contributed by atoms with van der Waals surface area (Å²) in [6, 6.07) is 0. The molecule has 2 rings (SSSR count). The molecular formula is C11H18ClN5. The summed E-state index contributed by atoms with van der Waals surface area (Å²) in [5.74, 6) is 1.57. The second kappa shape index (κ2) is 5.82. The number of aryl methyl sites for hydroxylation is 1. The predicted molar refractivity (Wildman–Crippen MR) is 71.5 cm³/mol. The van der Waals surface area contributed by atoms with Crippen molar-refractivity contribution in [3.63, 3.8) is 0 Å². The van der Waals surface area contributed by atoms with Crippen LogP contribution in [0.15, 0.2) is 12.5 Å². The van der Waals surface area contributed by atoms with Gasteiger partial charge in [-0.25, -0.2) is 9.97 Å². The Morgan fingerprint density at radius 3 is 2.82 bits per heavy atom. The number of fused-ring (bicyclic) bond motifs is 1. The van der Waals surface area contributed by atoms with Crippen molar-refractivity contribution in [1.82, 2.24) is 19.7 Å². The molecule has 6 heteroatoms.